The van der Waals surface area contributed by atoms with Crippen LogP contribution in [-0.4, -0.2) is 54.0 Å². The van der Waals surface area contributed by atoms with Crippen LogP contribution in [0.2, 0.25) is 0 Å². The minimum atomic E-state index is -0.134. The number of rotatable bonds is 4. The van der Waals surface area contributed by atoms with Crippen LogP contribution in [0.3, 0.4) is 0 Å². The van der Waals surface area contributed by atoms with E-state index in [1.807, 2.05) is 17.2 Å². The Balaban J connectivity index is 1.26. The number of piperidine rings is 2. The molecule has 6 rings (SSSR count). The summed E-state index contributed by atoms with van der Waals surface area (Å²) in [6.07, 6.45) is 11.0. The number of carbonyl (C=O) groups excluding carboxylic acids is 2. The van der Waals surface area contributed by atoms with Crippen LogP contribution in [0.15, 0.2) is 28.9 Å². The van der Waals surface area contributed by atoms with Gasteiger partial charge in [-0.2, -0.15) is 0 Å². The fraction of sp³-hybridized carbons (Fsp3) is 0.640. The first-order chi connectivity index (χ1) is 16.7. The zero-order chi connectivity index (χ0) is 23.1. The summed E-state index contributed by atoms with van der Waals surface area (Å²) in [5.41, 5.74) is 2.84. The molecule has 0 spiro atoms. The maximum atomic E-state index is 13.5. The average molecular weight is 483 g/mol. The van der Waals surface area contributed by atoms with E-state index < -0.39 is 0 Å². The molecule has 8 nitrogen and oxygen atoms in total. The fourth-order valence-electron chi connectivity index (χ4n) is 6.36. The van der Waals surface area contributed by atoms with Gasteiger partial charge in [-0.25, -0.2) is 4.79 Å². The van der Waals surface area contributed by atoms with Gasteiger partial charge in [0.2, 0.25) is 0 Å². The second-order valence-electron chi connectivity index (χ2n) is 10.2. The van der Waals surface area contributed by atoms with Crippen molar-refractivity contribution in [3.8, 4) is 0 Å². The van der Waals surface area contributed by atoms with Crippen molar-refractivity contribution < 1.29 is 9.59 Å². The van der Waals surface area contributed by atoms with Crippen LogP contribution in [0.5, 0.6) is 0 Å². The van der Waals surface area contributed by atoms with E-state index in [9.17, 15) is 9.59 Å². The number of amides is 3. The Morgan fingerprint density at radius 3 is 2.82 bits per heavy atom. The van der Waals surface area contributed by atoms with Gasteiger partial charge in [0, 0.05) is 47.7 Å². The molecule has 4 fully saturated rings. The Hall–Kier alpha value is -2.10. The molecule has 4 atom stereocenters. The van der Waals surface area contributed by atoms with E-state index in [0.29, 0.717) is 10.8 Å². The first kappa shape index (κ1) is 22.4. The van der Waals surface area contributed by atoms with Crippen LogP contribution < -0.4 is 26.2 Å². The summed E-state index contributed by atoms with van der Waals surface area (Å²) < 4.78 is 0. The standard InChI is InChI=1S/C25H34N6O2S/c32-23(29-16-7-4-10-26-14-16)22-21-20-19(9-12-28-24(20)34-22)31(25(33)30-21)17-8-11-27-18(13-17)15-5-2-1-3-6-15/h8,11,13,15-16,19-20,24,26,28H,1-7,9-10,12,14H2,(H,29,32)(H,30,33)/t16-,19?,20?,24?/m1/s1. The lowest BCUT2D eigenvalue weighted by Crippen LogP contribution is -2.62. The van der Waals surface area contributed by atoms with Crippen LogP contribution >= 0.6 is 11.8 Å². The summed E-state index contributed by atoms with van der Waals surface area (Å²) in [5.74, 6) is 0.512. The smallest absolute Gasteiger partial charge is 0.326 e. The number of urea groups is 1. The molecule has 3 unspecified atom stereocenters. The minimum absolute atomic E-state index is 0.0331. The Morgan fingerprint density at radius 1 is 1.12 bits per heavy atom. The largest absolute Gasteiger partial charge is 0.348 e. The summed E-state index contributed by atoms with van der Waals surface area (Å²) in [6.45, 7) is 2.64. The topological polar surface area (TPSA) is 98.4 Å². The lowest BCUT2D eigenvalue weighted by atomic mass is 9.85. The van der Waals surface area contributed by atoms with Gasteiger partial charge in [-0.15, -0.1) is 0 Å². The molecule has 1 aromatic heterocycles. The van der Waals surface area contributed by atoms with Crippen LogP contribution in [0.25, 0.3) is 0 Å². The minimum Gasteiger partial charge on any atom is -0.348 e. The first-order valence-electron chi connectivity index (χ1n) is 12.9. The van der Waals surface area contributed by atoms with Gasteiger partial charge in [0.05, 0.1) is 16.3 Å². The van der Waals surface area contributed by atoms with E-state index in [-0.39, 0.29) is 35.3 Å². The Kier molecular flexibility index (Phi) is 6.26. The molecule has 182 valence electrons. The van der Waals surface area contributed by atoms with E-state index in [0.717, 1.165) is 56.0 Å². The highest BCUT2D eigenvalue weighted by Crippen LogP contribution is 2.48. The molecule has 4 N–H and O–H groups in total. The Labute approximate surface area is 205 Å². The lowest BCUT2D eigenvalue weighted by molar-refractivity contribution is -0.117. The molecule has 9 heteroatoms. The SMILES string of the molecule is O=C(N[C@@H]1CCCNC1)C1=C2NC(=O)N(c3ccnc(C4CCCCC4)c3)C3CCNC(S1)C23. The molecule has 5 aliphatic rings. The quantitative estimate of drug-likeness (QED) is 0.527. The predicted octanol–water partition coefficient (Wildman–Crippen LogP) is 2.79. The fourth-order valence-corrected chi connectivity index (χ4v) is 7.76. The molecule has 4 aliphatic heterocycles. The number of aromatic nitrogens is 1. The third-order valence-corrected chi connectivity index (χ3v) is 9.40. The number of nitrogens with one attached hydrogen (secondary N) is 4. The Morgan fingerprint density at radius 2 is 2.00 bits per heavy atom. The molecular formula is C25H34N6O2S. The highest BCUT2D eigenvalue weighted by Gasteiger charge is 2.51. The number of anilines is 1. The second-order valence-corrected chi connectivity index (χ2v) is 11.4. The van der Waals surface area contributed by atoms with Crippen LogP contribution in [0.4, 0.5) is 10.5 Å². The van der Waals surface area contributed by atoms with Crippen molar-refractivity contribution >= 4 is 29.4 Å². The maximum absolute atomic E-state index is 13.5. The van der Waals surface area contributed by atoms with Crippen LogP contribution in [-0.2, 0) is 4.79 Å². The summed E-state index contributed by atoms with van der Waals surface area (Å²) in [7, 11) is 0. The molecule has 0 radical (unpaired) electrons. The third kappa shape index (κ3) is 4.12. The molecule has 0 bridgehead atoms. The summed E-state index contributed by atoms with van der Waals surface area (Å²) in [5, 5.41) is 13.4. The third-order valence-electron chi connectivity index (χ3n) is 8.05. The van der Waals surface area contributed by atoms with E-state index in [1.54, 1.807) is 11.8 Å². The van der Waals surface area contributed by atoms with Gasteiger partial charge in [-0.05, 0) is 57.3 Å². The number of hydrogen-bond acceptors (Lipinski definition) is 6. The van der Waals surface area contributed by atoms with Gasteiger partial charge in [0.25, 0.3) is 5.91 Å². The highest BCUT2D eigenvalue weighted by molar-refractivity contribution is 8.04. The zero-order valence-corrected chi connectivity index (χ0v) is 20.3. The lowest BCUT2D eigenvalue weighted by Gasteiger charge is -2.46. The van der Waals surface area contributed by atoms with Gasteiger partial charge in [0.15, 0.2) is 0 Å². The van der Waals surface area contributed by atoms with Gasteiger partial charge in [0.1, 0.15) is 0 Å². The number of thioether (sulfide) groups is 1. The molecule has 34 heavy (non-hydrogen) atoms. The zero-order valence-electron chi connectivity index (χ0n) is 19.5. The van der Waals surface area contributed by atoms with E-state index in [1.165, 1.54) is 32.1 Å². The van der Waals surface area contributed by atoms with Gasteiger partial charge >= 0.3 is 6.03 Å². The Bertz CT molecular complexity index is 987. The van der Waals surface area contributed by atoms with Gasteiger partial charge in [-0.1, -0.05) is 31.0 Å². The average Bonchev–Trinajstić information content (AvgIpc) is 3.25. The first-order valence-corrected chi connectivity index (χ1v) is 13.8. The van der Waals surface area contributed by atoms with Crippen molar-refractivity contribution in [3.05, 3.63) is 34.6 Å². The van der Waals surface area contributed by atoms with Gasteiger partial charge < -0.3 is 21.3 Å². The number of nitrogens with zero attached hydrogens (tertiary/aromatic N) is 2. The molecular weight excluding hydrogens is 448 g/mol. The normalized spacial score (nSPS) is 31.8. The molecule has 3 saturated heterocycles. The number of hydrogen-bond donors (Lipinski definition) is 4. The van der Waals surface area contributed by atoms with Crippen molar-refractivity contribution in [3.63, 3.8) is 0 Å². The number of pyridine rings is 1. The predicted molar refractivity (Wildman–Crippen MR) is 133 cm³/mol. The van der Waals surface area contributed by atoms with E-state index >= 15 is 0 Å². The molecule has 1 saturated carbocycles. The van der Waals surface area contributed by atoms with Crippen molar-refractivity contribution in [2.24, 2.45) is 5.92 Å². The number of carbonyl (C=O) groups is 2. The van der Waals surface area contributed by atoms with Crippen molar-refractivity contribution in [1.82, 2.24) is 26.3 Å². The monoisotopic (exact) mass is 482 g/mol. The van der Waals surface area contributed by atoms with Crippen molar-refractivity contribution in [1.29, 1.82) is 0 Å². The molecule has 3 amide bonds. The molecule has 1 aliphatic carbocycles. The summed E-state index contributed by atoms with van der Waals surface area (Å²) in [6, 6.07) is 4.14. The maximum Gasteiger partial charge on any atom is 0.326 e. The molecule has 5 heterocycles. The van der Waals surface area contributed by atoms with E-state index in [2.05, 4.69) is 32.3 Å². The van der Waals surface area contributed by atoms with Crippen molar-refractivity contribution in [2.45, 2.75) is 74.7 Å². The van der Waals surface area contributed by atoms with Gasteiger partial charge in [-0.3, -0.25) is 14.7 Å². The summed E-state index contributed by atoms with van der Waals surface area (Å²) >= 11 is 1.58. The second kappa shape index (κ2) is 9.51. The van der Waals surface area contributed by atoms with E-state index in [4.69, 9.17) is 0 Å². The van der Waals surface area contributed by atoms with Crippen LogP contribution in [0, 0.1) is 5.92 Å². The van der Waals surface area contributed by atoms with Crippen LogP contribution in [0.1, 0.15) is 63.0 Å². The van der Waals surface area contributed by atoms with Crippen molar-refractivity contribution in [2.75, 3.05) is 24.5 Å². The summed E-state index contributed by atoms with van der Waals surface area (Å²) in [4.78, 5) is 34.0. The highest BCUT2D eigenvalue weighted by atomic mass is 32.2. The molecule has 0 aromatic carbocycles. The molecule has 1 aromatic rings.